The molecule has 4 nitrogen and oxygen atoms in total. The van der Waals surface area contributed by atoms with E-state index in [1.54, 1.807) is 0 Å². The van der Waals surface area contributed by atoms with Gasteiger partial charge in [-0.05, 0) is 12.1 Å². The third-order valence-electron chi connectivity index (χ3n) is 2.21. The van der Waals surface area contributed by atoms with Crippen LogP contribution in [0.15, 0.2) is 24.7 Å². The Morgan fingerprint density at radius 1 is 1.11 bits per heavy atom. The van der Waals surface area contributed by atoms with Crippen LogP contribution in [0, 0.1) is 0 Å². The van der Waals surface area contributed by atoms with Gasteiger partial charge in [-0.2, -0.15) is 0 Å². The molecule has 1 heterocycles. The third kappa shape index (κ3) is 2.41. The van der Waals surface area contributed by atoms with Crippen molar-refractivity contribution in [1.82, 2.24) is 9.97 Å². The highest BCUT2D eigenvalue weighted by Gasteiger charge is 2.17. The summed E-state index contributed by atoms with van der Waals surface area (Å²) in [5.41, 5.74) is 0.532. The Morgan fingerprint density at radius 2 is 1.78 bits per heavy atom. The van der Waals surface area contributed by atoms with Crippen LogP contribution in [0.5, 0.6) is 0 Å². The first-order valence-electron chi connectivity index (χ1n) is 4.69. The van der Waals surface area contributed by atoms with Gasteiger partial charge in [0, 0.05) is 11.8 Å². The predicted octanol–water partition coefficient (Wildman–Crippen LogP) is 3.80. The lowest BCUT2D eigenvalue weighted by molar-refractivity contribution is 0.0697. The summed E-state index contributed by atoms with van der Waals surface area (Å²) in [4.78, 5) is 18.7. The van der Waals surface area contributed by atoms with Gasteiger partial charge in [-0.15, -0.1) is 0 Å². The zero-order valence-electron chi connectivity index (χ0n) is 8.69. The Kier molecular flexibility index (Phi) is 3.71. The van der Waals surface area contributed by atoms with Gasteiger partial charge < -0.3 is 5.11 Å². The summed E-state index contributed by atoms with van der Waals surface area (Å²) in [5.74, 6) is -1.15. The third-order valence-corrected chi connectivity index (χ3v) is 3.24. The van der Waals surface area contributed by atoms with E-state index < -0.39 is 5.97 Å². The van der Waals surface area contributed by atoms with Crippen LogP contribution in [0.2, 0.25) is 15.1 Å². The normalized spacial score (nSPS) is 10.4. The molecule has 1 aromatic heterocycles. The number of halogens is 3. The molecule has 0 saturated heterocycles. The molecule has 0 amide bonds. The highest BCUT2D eigenvalue weighted by Crippen LogP contribution is 2.35. The van der Waals surface area contributed by atoms with Crippen LogP contribution < -0.4 is 0 Å². The summed E-state index contributed by atoms with van der Waals surface area (Å²) in [5, 5.41) is 9.89. The number of carboxylic acid groups (broad SMARTS) is 1. The fourth-order valence-electron chi connectivity index (χ4n) is 1.40. The molecule has 0 aliphatic rings. The second-order valence-corrected chi connectivity index (χ2v) is 4.56. The smallest absolute Gasteiger partial charge is 0.339 e. The van der Waals surface area contributed by atoms with Gasteiger partial charge in [-0.25, -0.2) is 14.8 Å². The van der Waals surface area contributed by atoms with Crippen molar-refractivity contribution in [3.05, 3.63) is 45.3 Å². The van der Waals surface area contributed by atoms with Gasteiger partial charge in [0.2, 0.25) is 0 Å². The molecule has 1 N–H and O–H groups in total. The molecule has 2 rings (SSSR count). The first kappa shape index (κ1) is 13.1. The van der Waals surface area contributed by atoms with Crippen LogP contribution in [-0.2, 0) is 0 Å². The van der Waals surface area contributed by atoms with E-state index in [4.69, 9.17) is 39.9 Å². The van der Waals surface area contributed by atoms with Crippen LogP contribution in [0.4, 0.5) is 0 Å². The van der Waals surface area contributed by atoms with Gasteiger partial charge in [0.25, 0.3) is 0 Å². The first-order chi connectivity index (χ1) is 8.50. The molecular formula is C11H5Cl3N2O2. The van der Waals surface area contributed by atoms with Crippen molar-refractivity contribution in [3.63, 3.8) is 0 Å². The van der Waals surface area contributed by atoms with Gasteiger partial charge in [0.1, 0.15) is 11.9 Å². The van der Waals surface area contributed by atoms with E-state index >= 15 is 0 Å². The number of carboxylic acids is 1. The van der Waals surface area contributed by atoms with Crippen molar-refractivity contribution in [2.24, 2.45) is 0 Å². The molecule has 1 aromatic carbocycles. The standard InChI is InChI=1S/C11H5Cl3N2O2/c12-7-2-9(14)8(13)1-5(7)10-6(11(17)18)3-15-4-16-10/h1-4H,(H,17,18). The van der Waals surface area contributed by atoms with E-state index in [0.29, 0.717) is 5.56 Å². The lowest BCUT2D eigenvalue weighted by Crippen LogP contribution is -2.02. The molecule has 2 aromatic rings. The van der Waals surface area contributed by atoms with E-state index in [1.807, 2.05) is 0 Å². The quantitative estimate of drug-likeness (QED) is 0.857. The Bertz CT molecular complexity index is 632. The van der Waals surface area contributed by atoms with Crippen LogP contribution >= 0.6 is 34.8 Å². The van der Waals surface area contributed by atoms with E-state index in [0.717, 1.165) is 0 Å². The second-order valence-electron chi connectivity index (χ2n) is 3.34. The van der Waals surface area contributed by atoms with Crippen molar-refractivity contribution < 1.29 is 9.90 Å². The fraction of sp³-hybridized carbons (Fsp3) is 0. The lowest BCUT2D eigenvalue weighted by Gasteiger charge is -2.08. The fourth-order valence-corrected chi connectivity index (χ4v) is 2.04. The van der Waals surface area contributed by atoms with Gasteiger partial charge in [-0.1, -0.05) is 34.8 Å². The van der Waals surface area contributed by atoms with Crippen molar-refractivity contribution in [3.8, 4) is 11.3 Å². The molecule has 18 heavy (non-hydrogen) atoms. The van der Waals surface area contributed by atoms with Crippen molar-refractivity contribution in [2.45, 2.75) is 0 Å². The maximum Gasteiger partial charge on any atom is 0.339 e. The first-order valence-corrected chi connectivity index (χ1v) is 5.82. The van der Waals surface area contributed by atoms with Crippen molar-refractivity contribution >= 4 is 40.8 Å². The highest BCUT2D eigenvalue weighted by molar-refractivity contribution is 6.44. The zero-order valence-corrected chi connectivity index (χ0v) is 11.0. The molecule has 92 valence electrons. The molecule has 7 heteroatoms. The molecule has 0 fully saturated rings. The van der Waals surface area contributed by atoms with Gasteiger partial charge >= 0.3 is 5.97 Å². The molecule has 0 unspecified atom stereocenters. The highest BCUT2D eigenvalue weighted by atomic mass is 35.5. The number of carbonyl (C=O) groups is 1. The molecule has 0 radical (unpaired) electrons. The summed E-state index contributed by atoms with van der Waals surface area (Å²) >= 11 is 17.7. The Morgan fingerprint density at radius 3 is 2.44 bits per heavy atom. The Hall–Kier alpha value is -1.36. The van der Waals surface area contributed by atoms with Crippen LogP contribution in [-0.4, -0.2) is 21.0 Å². The number of rotatable bonds is 2. The second kappa shape index (κ2) is 5.10. The molecule has 0 bridgehead atoms. The Balaban J connectivity index is 2.69. The minimum atomic E-state index is -1.15. The molecule has 0 aliphatic heterocycles. The summed E-state index contributed by atoms with van der Waals surface area (Å²) < 4.78 is 0. The monoisotopic (exact) mass is 302 g/mol. The molecule has 0 aliphatic carbocycles. The molecule has 0 atom stereocenters. The average molecular weight is 304 g/mol. The van der Waals surface area contributed by atoms with Crippen LogP contribution in [0.3, 0.4) is 0 Å². The summed E-state index contributed by atoms with van der Waals surface area (Å²) in [7, 11) is 0. The zero-order chi connectivity index (χ0) is 13.3. The molecule has 0 saturated carbocycles. The SMILES string of the molecule is O=C(O)c1cncnc1-c1cc(Cl)c(Cl)cc1Cl. The van der Waals surface area contributed by atoms with E-state index in [9.17, 15) is 4.79 Å². The number of aromatic nitrogens is 2. The largest absolute Gasteiger partial charge is 0.478 e. The number of aromatic carboxylic acids is 1. The summed E-state index contributed by atoms with van der Waals surface area (Å²) in [6.07, 6.45) is 2.43. The lowest BCUT2D eigenvalue weighted by atomic mass is 10.1. The number of hydrogen-bond donors (Lipinski definition) is 1. The minimum absolute atomic E-state index is 0.0576. The predicted molar refractivity (Wildman–Crippen MR) is 69.5 cm³/mol. The summed E-state index contributed by atoms with van der Waals surface area (Å²) in [6.45, 7) is 0. The average Bonchev–Trinajstić information content (AvgIpc) is 2.34. The minimum Gasteiger partial charge on any atom is -0.478 e. The van der Waals surface area contributed by atoms with Crippen LogP contribution in [0.25, 0.3) is 11.3 Å². The van der Waals surface area contributed by atoms with E-state index in [2.05, 4.69) is 9.97 Å². The number of nitrogens with zero attached hydrogens (tertiary/aromatic N) is 2. The van der Waals surface area contributed by atoms with Crippen molar-refractivity contribution in [2.75, 3.05) is 0 Å². The molecular weight excluding hydrogens is 298 g/mol. The van der Waals surface area contributed by atoms with Crippen molar-refractivity contribution in [1.29, 1.82) is 0 Å². The van der Waals surface area contributed by atoms with Crippen LogP contribution in [0.1, 0.15) is 10.4 Å². The van der Waals surface area contributed by atoms with E-state index in [-0.39, 0.29) is 26.3 Å². The number of benzene rings is 1. The van der Waals surface area contributed by atoms with Gasteiger partial charge in [0.05, 0.1) is 20.8 Å². The molecule has 0 spiro atoms. The topological polar surface area (TPSA) is 63.1 Å². The maximum absolute atomic E-state index is 11.1. The van der Waals surface area contributed by atoms with E-state index in [1.165, 1.54) is 24.7 Å². The summed E-state index contributed by atoms with van der Waals surface area (Å²) in [6, 6.07) is 2.91. The maximum atomic E-state index is 11.1. The number of hydrogen-bond acceptors (Lipinski definition) is 3. The van der Waals surface area contributed by atoms with Gasteiger partial charge in [-0.3, -0.25) is 0 Å². The van der Waals surface area contributed by atoms with Gasteiger partial charge in [0.15, 0.2) is 0 Å². The Labute approximate surface area is 117 Å².